The van der Waals surface area contributed by atoms with Crippen LogP contribution in [0.2, 0.25) is 5.15 Å². The SMILES string of the molecule is Cc1cc(C#N)cc(C)c1OCc1ccc(Cl)nn1. The van der Waals surface area contributed by atoms with Gasteiger partial charge in [-0.05, 0) is 49.2 Å². The minimum atomic E-state index is 0.317. The third-order valence-electron chi connectivity index (χ3n) is 2.64. The van der Waals surface area contributed by atoms with Gasteiger partial charge in [-0.15, -0.1) is 5.10 Å². The van der Waals surface area contributed by atoms with Crippen molar-refractivity contribution in [2.45, 2.75) is 20.5 Å². The number of hydrogen-bond acceptors (Lipinski definition) is 4. The van der Waals surface area contributed by atoms with Crippen molar-refractivity contribution in [2.75, 3.05) is 0 Å². The number of aryl methyl sites for hydroxylation is 2. The lowest BCUT2D eigenvalue weighted by Crippen LogP contribution is -2.02. The second-order valence-corrected chi connectivity index (χ2v) is 4.57. The van der Waals surface area contributed by atoms with Gasteiger partial charge in [-0.2, -0.15) is 10.4 Å². The molecule has 0 aliphatic heterocycles. The maximum absolute atomic E-state index is 8.89. The molecule has 0 bridgehead atoms. The van der Waals surface area contributed by atoms with Crippen molar-refractivity contribution in [3.63, 3.8) is 0 Å². The fraction of sp³-hybridized carbons (Fsp3) is 0.214. The Bertz CT molecular complexity index is 609. The fourth-order valence-corrected chi connectivity index (χ4v) is 1.91. The Morgan fingerprint density at radius 3 is 2.42 bits per heavy atom. The molecule has 0 saturated heterocycles. The highest BCUT2D eigenvalue weighted by Gasteiger charge is 2.07. The highest BCUT2D eigenvalue weighted by molar-refractivity contribution is 6.29. The van der Waals surface area contributed by atoms with Crippen molar-refractivity contribution in [1.29, 1.82) is 5.26 Å². The van der Waals surface area contributed by atoms with Crippen LogP contribution in [-0.4, -0.2) is 10.2 Å². The van der Waals surface area contributed by atoms with Crippen LogP contribution in [0.15, 0.2) is 24.3 Å². The van der Waals surface area contributed by atoms with Gasteiger partial charge in [0.2, 0.25) is 0 Å². The maximum Gasteiger partial charge on any atom is 0.151 e. The molecule has 2 aromatic rings. The van der Waals surface area contributed by atoms with E-state index in [-0.39, 0.29) is 0 Å². The Hall–Kier alpha value is -2.12. The van der Waals surface area contributed by atoms with Crippen molar-refractivity contribution in [3.05, 3.63) is 51.8 Å². The number of halogens is 1. The fourth-order valence-electron chi connectivity index (χ4n) is 1.81. The zero-order valence-electron chi connectivity index (χ0n) is 10.6. The van der Waals surface area contributed by atoms with Gasteiger partial charge >= 0.3 is 0 Å². The van der Waals surface area contributed by atoms with Crippen molar-refractivity contribution >= 4 is 11.6 Å². The number of nitriles is 1. The Kier molecular flexibility index (Phi) is 3.98. The van der Waals surface area contributed by atoms with E-state index in [1.165, 1.54) is 0 Å². The van der Waals surface area contributed by atoms with Gasteiger partial charge in [-0.3, -0.25) is 0 Å². The average Bonchev–Trinajstić information content (AvgIpc) is 2.39. The molecule has 0 radical (unpaired) electrons. The molecule has 5 heteroatoms. The predicted octanol–water partition coefficient (Wildman–Crippen LogP) is 3.20. The molecule has 1 aromatic heterocycles. The number of hydrogen-bond donors (Lipinski definition) is 0. The van der Waals surface area contributed by atoms with E-state index in [0.717, 1.165) is 16.9 Å². The van der Waals surface area contributed by atoms with Crippen LogP contribution >= 0.6 is 11.6 Å². The first kappa shape index (κ1) is 13.3. The second kappa shape index (κ2) is 5.68. The van der Waals surface area contributed by atoms with Crippen LogP contribution in [-0.2, 0) is 6.61 Å². The molecular formula is C14H12ClN3O. The summed E-state index contributed by atoms with van der Waals surface area (Å²) in [4.78, 5) is 0. The average molecular weight is 274 g/mol. The lowest BCUT2D eigenvalue weighted by molar-refractivity contribution is 0.295. The monoisotopic (exact) mass is 273 g/mol. The number of ether oxygens (including phenoxy) is 1. The standard InChI is InChI=1S/C14H12ClN3O/c1-9-5-11(7-16)6-10(2)14(9)19-8-12-3-4-13(15)18-17-12/h3-6H,8H2,1-2H3. The van der Waals surface area contributed by atoms with Gasteiger partial charge in [0.1, 0.15) is 18.1 Å². The first-order valence-corrected chi connectivity index (χ1v) is 6.10. The summed E-state index contributed by atoms with van der Waals surface area (Å²) in [5.74, 6) is 0.774. The second-order valence-electron chi connectivity index (χ2n) is 4.19. The minimum Gasteiger partial charge on any atom is -0.487 e. The first-order chi connectivity index (χ1) is 9.10. The van der Waals surface area contributed by atoms with Gasteiger partial charge in [0.05, 0.1) is 11.6 Å². The molecule has 0 atom stereocenters. The minimum absolute atomic E-state index is 0.317. The molecule has 0 fully saturated rings. The van der Waals surface area contributed by atoms with E-state index in [0.29, 0.717) is 23.0 Å². The molecule has 0 amide bonds. The topological polar surface area (TPSA) is 58.8 Å². The van der Waals surface area contributed by atoms with Crippen LogP contribution in [0.25, 0.3) is 0 Å². The van der Waals surface area contributed by atoms with Crippen LogP contribution in [0, 0.1) is 25.2 Å². The molecule has 1 aromatic carbocycles. The Labute approximate surface area is 116 Å². The summed E-state index contributed by atoms with van der Waals surface area (Å²) in [5, 5.41) is 16.9. The van der Waals surface area contributed by atoms with Crippen molar-refractivity contribution in [1.82, 2.24) is 10.2 Å². The molecule has 96 valence electrons. The normalized spacial score (nSPS) is 10.0. The Morgan fingerprint density at radius 1 is 1.21 bits per heavy atom. The van der Waals surface area contributed by atoms with Gasteiger partial charge in [0, 0.05) is 0 Å². The van der Waals surface area contributed by atoms with E-state index in [2.05, 4.69) is 16.3 Å². The maximum atomic E-state index is 8.89. The smallest absolute Gasteiger partial charge is 0.151 e. The van der Waals surface area contributed by atoms with Crippen molar-refractivity contribution < 1.29 is 4.74 Å². The van der Waals surface area contributed by atoms with Crippen LogP contribution in [0.5, 0.6) is 5.75 Å². The lowest BCUT2D eigenvalue weighted by atomic mass is 10.1. The Morgan fingerprint density at radius 2 is 1.89 bits per heavy atom. The summed E-state index contributed by atoms with van der Waals surface area (Å²) in [7, 11) is 0. The largest absolute Gasteiger partial charge is 0.487 e. The summed E-state index contributed by atoms with van der Waals surface area (Å²) in [6.45, 7) is 4.14. The molecule has 0 spiro atoms. The van der Waals surface area contributed by atoms with Gasteiger partial charge in [-0.25, -0.2) is 0 Å². The summed E-state index contributed by atoms with van der Waals surface area (Å²) >= 11 is 5.67. The molecule has 19 heavy (non-hydrogen) atoms. The highest BCUT2D eigenvalue weighted by atomic mass is 35.5. The summed E-state index contributed by atoms with van der Waals surface area (Å²) in [5.41, 5.74) is 3.19. The highest BCUT2D eigenvalue weighted by Crippen LogP contribution is 2.25. The zero-order valence-corrected chi connectivity index (χ0v) is 11.4. The Balaban J connectivity index is 2.16. The molecule has 0 unspecified atom stereocenters. The quantitative estimate of drug-likeness (QED) is 0.862. The molecule has 0 aliphatic rings. The molecular weight excluding hydrogens is 262 g/mol. The first-order valence-electron chi connectivity index (χ1n) is 5.72. The zero-order chi connectivity index (χ0) is 13.8. The van der Waals surface area contributed by atoms with Gasteiger partial charge in [0.15, 0.2) is 5.15 Å². The van der Waals surface area contributed by atoms with Gasteiger partial charge in [0.25, 0.3) is 0 Å². The molecule has 2 rings (SSSR count). The van der Waals surface area contributed by atoms with E-state index in [1.807, 2.05) is 13.8 Å². The summed E-state index contributed by atoms with van der Waals surface area (Å²) in [6.07, 6.45) is 0. The van der Waals surface area contributed by atoms with E-state index >= 15 is 0 Å². The molecule has 0 aliphatic carbocycles. The van der Waals surface area contributed by atoms with E-state index in [4.69, 9.17) is 21.6 Å². The third-order valence-corrected chi connectivity index (χ3v) is 2.84. The molecule has 0 N–H and O–H groups in total. The van der Waals surface area contributed by atoms with Crippen LogP contribution in [0.3, 0.4) is 0 Å². The summed E-state index contributed by atoms with van der Waals surface area (Å²) < 4.78 is 5.74. The number of aromatic nitrogens is 2. The number of nitrogens with zero attached hydrogens (tertiary/aromatic N) is 3. The third kappa shape index (κ3) is 3.21. The van der Waals surface area contributed by atoms with E-state index < -0.39 is 0 Å². The molecule has 0 saturated carbocycles. The van der Waals surface area contributed by atoms with Crippen LogP contribution in [0.4, 0.5) is 0 Å². The van der Waals surface area contributed by atoms with Gasteiger partial charge < -0.3 is 4.74 Å². The molecule has 1 heterocycles. The van der Waals surface area contributed by atoms with Crippen molar-refractivity contribution in [3.8, 4) is 11.8 Å². The van der Waals surface area contributed by atoms with Crippen molar-refractivity contribution in [2.24, 2.45) is 0 Å². The van der Waals surface area contributed by atoms with Gasteiger partial charge in [-0.1, -0.05) is 11.6 Å². The van der Waals surface area contributed by atoms with E-state index in [1.54, 1.807) is 24.3 Å². The summed E-state index contributed by atoms with van der Waals surface area (Å²) in [6, 6.07) is 9.17. The van der Waals surface area contributed by atoms with E-state index in [9.17, 15) is 0 Å². The molecule has 4 nitrogen and oxygen atoms in total. The number of benzene rings is 1. The van der Waals surface area contributed by atoms with Crippen LogP contribution in [0.1, 0.15) is 22.4 Å². The number of rotatable bonds is 3. The van der Waals surface area contributed by atoms with Crippen LogP contribution < -0.4 is 4.74 Å². The predicted molar refractivity (Wildman–Crippen MR) is 72.0 cm³/mol. The lowest BCUT2D eigenvalue weighted by Gasteiger charge is -2.12.